The molecule has 1 saturated carbocycles. The van der Waals surface area contributed by atoms with Crippen LogP contribution in [0.25, 0.3) is 0 Å². The molecule has 1 amide bonds. The topological polar surface area (TPSA) is 63.2 Å². The summed E-state index contributed by atoms with van der Waals surface area (Å²) in [6.07, 6.45) is 4.02. The molecular weight excluding hydrogens is 298 g/mol. The lowest BCUT2D eigenvalue weighted by atomic mass is 10.2. The van der Waals surface area contributed by atoms with E-state index in [1.165, 1.54) is 19.1 Å². The molecule has 0 bridgehead atoms. The van der Waals surface area contributed by atoms with Gasteiger partial charge in [-0.15, -0.1) is 0 Å². The second-order valence-electron chi connectivity index (χ2n) is 5.13. The maximum atomic E-state index is 12.4. The Morgan fingerprint density at radius 3 is 2.60 bits per heavy atom. The standard InChI is InChI=1S/C14H18ClNO3S/c1-10(14(17)16-12-6-2-3-7-12)20(18,19)13-8-4-5-11(15)9-13/h4-5,8-10,12H,2-3,6-7H2,1H3,(H,16,17). The third-order valence-electron chi connectivity index (χ3n) is 3.66. The second-order valence-corrected chi connectivity index (χ2v) is 7.84. The first-order valence-electron chi connectivity index (χ1n) is 6.71. The van der Waals surface area contributed by atoms with Crippen LogP contribution in [-0.2, 0) is 14.6 Å². The van der Waals surface area contributed by atoms with Crippen molar-refractivity contribution in [3.8, 4) is 0 Å². The van der Waals surface area contributed by atoms with Crippen LogP contribution < -0.4 is 5.32 Å². The Kier molecular flexibility index (Phi) is 4.70. The van der Waals surface area contributed by atoms with Gasteiger partial charge in [-0.3, -0.25) is 4.79 Å². The van der Waals surface area contributed by atoms with Crippen LogP contribution in [0, 0.1) is 0 Å². The molecule has 1 atom stereocenters. The molecule has 0 radical (unpaired) electrons. The minimum absolute atomic E-state index is 0.0825. The predicted octanol–water partition coefficient (Wildman–Crippen LogP) is 2.56. The summed E-state index contributed by atoms with van der Waals surface area (Å²) in [5, 5.41) is 2.05. The molecule has 6 heteroatoms. The number of carbonyl (C=O) groups excluding carboxylic acids is 1. The van der Waals surface area contributed by atoms with Crippen molar-refractivity contribution >= 4 is 27.3 Å². The predicted molar refractivity (Wildman–Crippen MR) is 78.5 cm³/mol. The third kappa shape index (κ3) is 3.33. The highest BCUT2D eigenvalue weighted by Crippen LogP contribution is 2.22. The maximum absolute atomic E-state index is 12.4. The van der Waals surface area contributed by atoms with Crippen molar-refractivity contribution in [2.75, 3.05) is 0 Å². The van der Waals surface area contributed by atoms with E-state index < -0.39 is 21.0 Å². The van der Waals surface area contributed by atoms with E-state index in [0.29, 0.717) is 5.02 Å². The highest BCUT2D eigenvalue weighted by molar-refractivity contribution is 7.92. The van der Waals surface area contributed by atoms with Crippen molar-refractivity contribution in [2.45, 2.75) is 48.8 Å². The van der Waals surface area contributed by atoms with Crippen molar-refractivity contribution in [1.82, 2.24) is 5.32 Å². The van der Waals surface area contributed by atoms with Crippen LogP contribution >= 0.6 is 11.6 Å². The van der Waals surface area contributed by atoms with Gasteiger partial charge in [-0.2, -0.15) is 0 Å². The Bertz CT molecular complexity index is 594. The molecule has 20 heavy (non-hydrogen) atoms. The summed E-state index contributed by atoms with van der Waals surface area (Å²) in [6, 6.07) is 6.11. The number of carbonyl (C=O) groups is 1. The molecule has 4 nitrogen and oxygen atoms in total. The molecule has 0 aliphatic heterocycles. The molecule has 1 fully saturated rings. The number of rotatable bonds is 4. The quantitative estimate of drug-likeness (QED) is 0.928. The van der Waals surface area contributed by atoms with Gasteiger partial charge in [-0.1, -0.05) is 30.5 Å². The first-order valence-corrected chi connectivity index (χ1v) is 8.63. The Morgan fingerprint density at radius 1 is 1.35 bits per heavy atom. The molecule has 110 valence electrons. The molecule has 1 aromatic carbocycles. The van der Waals surface area contributed by atoms with Crippen molar-refractivity contribution in [3.05, 3.63) is 29.3 Å². The van der Waals surface area contributed by atoms with E-state index in [0.717, 1.165) is 25.7 Å². The molecule has 0 aromatic heterocycles. The van der Waals surface area contributed by atoms with Gasteiger partial charge in [0.05, 0.1) is 4.90 Å². The lowest BCUT2D eigenvalue weighted by Crippen LogP contribution is -2.42. The molecule has 2 rings (SSSR count). The number of amides is 1. The summed E-state index contributed by atoms with van der Waals surface area (Å²) in [6.45, 7) is 1.42. The van der Waals surface area contributed by atoms with E-state index in [2.05, 4.69) is 5.32 Å². The van der Waals surface area contributed by atoms with Crippen LogP contribution in [0.15, 0.2) is 29.2 Å². The number of halogens is 1. The van der Waals surface area contributed by atoms with E-state index in [4.69, 9.17) is 11.6 Å². The molecule has 1 aliphatic rings. The number of nitrogens with one attached hydrogen (secondary N) is 1. The van der Waals surface area contributed by atoms with Gasteiger partial charge in [0.25, 0.3) is 0 Å². The van der Waals surface area contributed by atoms with Gasteiger partial charge >= 0.3 is 0 Å². The van der Waals surface area contributed by atoms with Crippen LogP contribution in [0.4, 0.5) is 0 Å². The summed E-state index contributed by atoms with van der Waals surface area (Å²) < 4.78 is 24.8. The zero-order valence-electron chi connectivity index (χ0n) is 11.3. The number of benzene rings is 1. The molecule has 0 spiro atoms. The van der Waals surface area contributed by atoms with Crippen molar-refractivity contribution in [2.24, 2.45) is 0 Å². The van der Waals surface area contributed by atoms with Gasteiger partial charge in [0.2, 0.25) is 5.91 Å². The van der Waals surface area contributed by atoms with Gasteiger partial charge in [-0.05, 0) is 38.0 Å². The summed E-state index contributed by atoms with van der Waals surface area (Å²) in [5.74, 6) is -0.433. The fraction of sp³-hybridized carbons (Fsp3) is 0.500. The molecule has 0 heterocycles. The third-order valence-corrected chi connectivity index (χ3v) is 5.95. The Balaban J connectivity index is 2.14. The summed E-state index contributed by atoms with van der Waals surface area (Å²) in [4.78, 5) is 12.2. The maximum Gasteiger partial charge on any atom is 0.238 e. The Labute approximate surface area is 124 Å². The summed E-state index contributed by atoms with van der Waals surface area (Å²) >= 11 is 5.81. The highest BCUT2D eigenvalue weighted by atomic mass is 35.5. The Hall–Kier alpha value is -1.07. The normalized spacial score (nSPS) is 17.9. The van der Waals surface area contributed by atoms with Crippen LogP contribution in [-0.4, -0.2) is 25.6 Å². The largest absolute Gasteiger partial charge is 0.352 e. The average Bonchev–Trinajstić information content (AvgIpc) is 2.90. The smallest absolute Gasteiger partial charge is 0.238 e. The average molecular weight is 316 g/mol. The first kappa shape index (κ1) is 15.3. The lowest BCUT2D eigenvalue weighted by Gasteiger charge is -2.17. The van der Waals surface area contributed by atoms with E-state index in [1.807, 2.05) is 0 Å². The zero-order chi connectivity index (χ0) is 14.8. The summed E-state index contributed by atoms with van der Waals surface area (Å²) in [5.41, 5.74) is 0. The Morgan fingerprint density at radius 2 is 2.00 bits per heavy atom. The molecule has 1 aromatic rings. The van der Waals surface area contributed by atoms with E-state index in [-0.39, 0.29) is 10.9 Å². The fourth-order valence-electron chi connectivity index (χ4n) is 2.38. The molecule has 1 N–H and O–H groups in total. The van der Waals surface area contributed by atoms with Crippen LogP contribution in [0.1, 0.15) is 32.6 Å². The lowest BCUT2D eigenvalue weighted by molar-refractivity contribution is -0.121. The minimum Gasteiger partial charge on any atom is -0.352 e. The molecule has 1 aliphatic carbocycles. The van der Waals surface area contributed by atoms with Gasteiger partial charge in [0.1, 0.15) is 5.25 Å². The minimum atomic E-state index is -3.70. The number of sulfone groups is 1. The SMILES string of the molecule is CC(C(=O)NC1CCCC1)S(=O)(=O)c1cccc(Cl)c1. The van der Waals surface area contributed by atoms with E-state index >= 15 is 0 Å². The monoisotopic (exact) mass is 315 g/mol. The zero-order valence-corrected chi connectivity index (χ0v) is 12.9. The highest BCUT2D eigenvalue weighted by Gasteiger charge is 2.31. The van der Waals surface area contributed by atoms with Crippen LogP contribution in [0.2, 0.25) is 5.02 Å². The molecule has 1 unspecified atom stereocenters. The van der Waals surface area contributed by atoms with E-state index in [9.17, 15) is 13.2 Å². The number of hydrogen-bond acceptors (Lipinski definition) is 3. The van der Waals surface area contributed by atoms with Gasteiger partial charge in [0, 0.05) is 11.1 Å². The van der Waals surface area contributed by atoms with Crippen molar-refractivity contribution in [1.29, 1.82) is 0 Å². The molecular formula is C14H18ClNO3S. The van der Waals surface area contributed by atoms with Gasteiger partial charge < -0.3 is 5.32 Å². The van der Waals surface area contributed by atoms with Gasteiger partial charge in [0.15, 0.2) is 9.84 Å². The first-order chi connectivity index (χ1) is 9.41. The van der Waals surface area contributed by atoms with E-state index in [1.54, 1.807) is 12.1 Å². The van der Waals surface area contributed by atoms with Gasteiger partial charge in [-0.25, -0.2) is 8.42 Å². The van der Waals surface area contributed by atoms with Crippen LogP contribution in [0.3, 0.4) is 0 Å². The number of hydrogen-bond donors (Lipinski definition) is 1. The second kappa shape index (κ2) is 6.14. The summed E-state index contributed by atoms with van der Waals surface area (Å²) in [7, 11) is -3.70. The van der Waals surface area contributed by atoms with Crippen molar-refractivity contribution in [3.63, 3.8) is 0 Å². The van der Waals surface area contributed by atoms with Crippen LogP contribution in [0.5, 0.6) is 0 Å². The van der Waals surface area contributed by atoms with Crippen molar-refractivity contribution < 1.29 is 13.2 Å². The fourth-order valence-corrected chi connectivity index (χ4v) is 3.95. The molecule has 0 saturated heterocycles.